The zero-order valence-corrected chi connectivity index (χ0v) is 20.3. The van der Waals surface area contributed by atoms with E-state index in [0.29, 0.717) is 5.69 Å². The van der Waals surface area contributed by atoms with Crippen molar-refractivity contribution in [2.24, 2.45) is 0 Å². The van der Waals surface area contributed by atoms with Crippen LogP contribution in [-0.2, 0) is 5.54 Å². The lowest BCUT2D eigenvalue weighted by atomic mass is 9.80. The second-order valence-corrected chi connectivity index (χ2v) is 9.35. The quantitative estimate of drug-likeness (QED) is 0.561. The van der Waals surface area contributed by atoms with E-state index in [1.54, 1.807) is 7.11 Å². The van der Waals surface area contributed by atoms with E-state index in [1.165, 1.54) is 5.56 Å². The van der Waals surface area contributed by atoms with E-state index >= 15 is 0 Å². The molecule has 0 atom stereocenters. The van der Waals surface area contributed by atoms with E-state index in [9.17, 15) is 4.79 Å². The lowest BCUT2D eigenvalue weighted by Gasteiger charge is -2.46. The Morgan fingerprint density at radius 2 is 1.79 bits per heavy atom. The van der Waals surface area contributed by atoms with Crippen LogP contribution in [0.1, 0.15) is 35.3 Å². The molecular weight excluding hydrogens is 412 g/mol. The third-order valence-electron chi connectivity index (χ3n) is 7.22. The van der Waals surface area contributed by atoms with Gasteiger partial charge in [0.15, 0.2) is 0 Å². The minimum atomic E-state index is 0.0273. The molecule has 1 amide bonds. The average molecular weight is 449 g/mol. The highest BCUT2D eigenvalue weighted by atomic mass is 16.5. The fourth-order valence-electron chi connectivity index (χ4n) is 5.08. The zero-order chi connectivity index (χ0) is 23.4. The number of carbonyl (C=O) groups is 1. The number of amides is 1. The van der Waals surface area contributed by atoms with Gasteiger partial charge in [0, 0.05) is 43.1 Å². The lowest BCUT2D eigenvalue weighted by molar-refractivity contribution is 0.0518. The number of H-pyrrole nitrogens is 1. The summed E-state index contributed by atoms with van der Waals surface area (Å²) >= 11 is 0. The van der Waals surface area contributed by atoms with E-state index in [-0.39, 0.29) is 11.4 Å². The molecule has 6 nitrogen and oxygen atoms in total. The van der Waals surface area contributed by atoms with Crippen LogP contribution in [-0.4, -0.2) is 80.0 Å². The Labute approximate surface area is 197 Å². The first kappa shape index (κ1) is 23.3. The first-order valence-corrected chi connectivity index (χ1v) is 11.8. The Morgan fingerprint density at radius 3 is 2.45 bits per heavy atom. The second kappa shape index (κ2) is 9.98. The molecule has 1 fully saturated rings. The van der Waals surface area contributed by atoms with Crippen molar-refractivity contribution in [3.8, 4) is 5.75 Å². The number of nitrogens with zero attached hydrogens (tertiary/aromatic N) is 3. The molecule has 4 rings (SSSR count). The number of methoxy groups -OCH3 is 1. The number of hydrogen-bond acceptors (Lipinski definition) is 4. The van der Waals surface area contributed by atoms with Gasteiger partial charge in [0.2, 0.25) is 0 Å². The van der Waals surface area contributed by atoms with Crippen LogP contribution in [0.15, 0.2) is 54.6 Å². The van der Waals surface area contributed by atoms with Crippen molar-refractivity contribution < 1.29 is 9.53 Å². The highest BCUT2D eigenvalue weighted by Gasteiger charge is 2.37. The maximum Gasteiger partial charge on any atom is 0.270 e. The summed E-state index contributed by atoms with van der Waals surface area (Å²) in [5.74, 6) is 0.820. The Morgan fingerprint density at radius 1 is 1.06 bits per heavy atom. The van der Waals surface area contributed by atoms with Crippen molar-refractivity contribution in [1.82, 2.24) is 19.7 Å². The van der Waals surface area contributed by atoms with Crippen molar-refractivity contribution in [2.45, 2.75) is 24.8 Å². The molecule has 0 unspecified atom stereocenters. The topological polar surface area (TPSA) is 51.8 Å². The first-order chi connectivity index (χ1) is 15.9. The summed E-state index contributed by atoms with van der Waals surface area (Å²) in [5, 5.41) is 0.988. The number of likely N-dealkylation sites (tertiary alicyclic amines) is 1. The van der Waals surface area contributed by atoms with Crippen molar-refractivity contribution in [1.29, 1.82) is 0 Å². The summed E-state index contributed by atoms with van der Waals surface area (Å²) in [5.41, 5.74) is 3.10. The largest absolute Gasteiger partial charge is 0.497 e. The van der Waals surface area contributed by atoms with E-state index in [4.69, 9.17) is 4.74 Å². The highest BCUT2D eigenvalue weighted by Crippen LogP contribution is 2.37. The van der Waals surface area contributed by atoms with Crippen LogP contribution in [0.5, 0.6) is 5.75 Å². The molecule has 1 saturated heterocycles. The normalized spacial score (nSPS) is 16.3. The molecule has 2 aromatic carbocycles. The van der Waals surface area contributed by atoms with Gasteiger partial charge < -0.3 is 19.5 Å². The van der Waals surface area contributed by atoms with Gasteiger partial charge in [0.1, 0.15) is 11.4 Å². The van der Waals surface area contributed by atoms with Gasteiger partial charge in [-0.05, 0) is 69.7 Å². The molecule has 0 bridgehead atoms. The highest BCUT2D eigenvalue weighted by molar-refractivity contribution is 5.98. The second-order valence-electron chi connectivity index (χ2n) is 9.35. The minimum Gasteiger partial charge on any atom is -0.497 e. The average Bonchev–Trinajstić information content (AvgIpc) is 3.27. The van der Waals surface area contributed by atoms with Crippen molar-refractivity contribution in [3.05, 3.63) is 65.9 Å². The molecule has 0 aliphatic carbocycles. The monoisotopic (exact) mass is 448 g/mol. The fourth-order valence-corrected chi connectivity index (χ4v) is 5.08. The van der Waals surface area contributed by atoms with Crippen molar-refractivity contribution in [3.63, 3.8) is 0 Å². The molecule has 0 spiro atoms. The number of aromatic nitrogens is 1. The molecule has 1 aliphatic rings. The van der Waals surface area contributed by atoms with Crippen LogP contribution in [0.4, 0.5) is 0 Å². The molecule has 0 saturated carbocycles. The van der Waals surface area contributed by atoms with Gasteiger partial charge in [0.05, 0.1) is 7.11 Å². The molecule has 0 radical (unpaired) electrons. The van der Waals surface area contributed by atoms with Gasteiger partial charge in [-0.2, -0.15) is 0 Å². The molecule has 1 N–H and O–H groups in total. The van der Waals surface area contributed by atoms with Crippen LogP contribution in [0.3, 0.4) is 0 Å². The Kier molecular flexibility index (Phi) is 7.05. The summed E-state index contributed by atoms with van der Waals surface area (Å²) in [7, 11) is 7.93. The summed E-state index contributed by atoms with van der Waals surface area (Å²) in [6.45, 7) is 3.91. The lowest BCUT2D eigenvalue weighted by Crippen LogP contribution is -2.50. The van der Waals surface area contributed by atoms with Crippen LogP contribution in [0.2, 0.25) is 0 Å². The van der Waals surface area contributed by atoms with Crippen molar-refractivity contribution >= 4 is 16.8 Å². The SMILES string of the molecule is COc1ccc2[nH]c(C(=O)N(C)CCCN3CCC(c4ccccc4)(N(C)C)CC3)cc2c1. The summed E-state index contributed by atoms with van der Waals surface area (Å²) in [6.07, 6.45) is 3.21. The molecule has 1 aromatic heterocycles. The summed E-state index contributed by atoms with van der Waals surface area (Å²) in [6, 6.07) is 18.6. The Bertz CT molecular complexity index is 1070. The number of nitrogens with one attached hydrogen (secondary N) is 1. The van der Waals surface area contributed by atoms with Crippen LogP contribution in [0, 0.1) is 0 Å². The van der Waals surface area contributed by atoms with Gasteiger partial charge in [-0.1, -0.05) is 30.3 Å². The number of fused-ring (bicyclic) bond motifs is 1. The molecule has 2 heterocycles. The van der Waals surface area contributed by atoms with Gasteiger partial charge >= 0.3 is 0 Å². The number of rotatable bonds is 8. The minimum absolute atomic E-state index is 0.0273. The number of aromatic amines is 1. The van der Waals surface area contributed by atoms with Crippen LogP contribution >= 0.6 is 0 Å². The van der Waals surface area contributed by atoms with Crippen molar-refractivity contribution in [2.75, 3.05) is 54.4 Å². The first-order valence-electron chi connectivity index (χ1n) is 11.8. The summed E-state index contributed by atoms with van der Waals surface area (Å²) < 4.78 is 5.28. The van der Waals surface area contributed by atoms with E-state index in [2.05, 4.69) is 59.2 Å². The van der Waals surface area contributed by atoms with Gasteiger partial charge in [-0.15, -0.1) is 0 Å². The number of hydrogen-bond donors (Lipinski definition) is 1. The molecule has 33 heavy (non-hydrogen) atoms. The zero-order valence-electron chi connectivity index (χ0n) is 20.3. The predicted molar refractivity (Wildman–Crippen MR) is 134 cm³/mol. The van der Waals surface area contributed by atoms with E-state index in [0.717, 1.165) is 62.1 Å². The molecule has 6 heteroatoms. The number of piperidine rings is 1. The maximum absolute atomic E-state index is 12.9. The number of benzene rings is 2. The Hall–Kier alpha value is -2.83. The van der Waals surface area contributed by atoms with Crippen LogP contribution < -0.4 is 4.74 Å². The number of ether oxygens (including phenoxy) is 1. The standard InChI is InChI=1S/C27H36N4O2/c1-29(2)27(22-9-6-5-7-10-22)13-17-31(18-14-27)16-8-15-30(3)26(32)25-20-21-19-23(33-4)11-12-24(21)28-25/h5-7,9-12,19-20,28H,8,13-18H2,1-4H3. The maximum atomic E-state index is 12.9. The van der Waals surface area contributed by atoms with Gasteiger partial charge in [-0.3, -0.25) is 9.69 Å². The predicted octanol–water partition coefficient (Wildman–Crippen LogP) is 4.19. The molecule has 3 aromatic rings. The molecular formula is C27H36N4O2. The van der Waals surface area contributed by atoms with E-state index in [1.807, 2.05) is 36.2 Å². The smallest absolute Gasteiger partial charge is 0.270 e. The molecule has 176 valence electrons. The Balaban J connectivity index is 1.29. The molecule has 1 aliphatic heterocycles. The third-order valence-corrected chi connectivity index (χ3v) is 7.22. The van der Waals surface area contributed by atoms with Gasteiger partial charge in [0.25, 0.3) is 5.91 Å². The fraction of sp³-hybridized carbons (Fsp3) is 0.444. The van der Waals surface area contributed by atoms with E-state index < -0.39 is 0 Å². The van der Waals surface area contributed by atoms with Crippen LogP contribution in [0.25, 0.3) is 10.9 Å². The third kappa shape index (κ3) is 4.92. The number of carbonyl (C=O) groups excluding carboxylic acids is 1. The summed E-state index contributed by atoms with van der Waals surface area (Å²) in [4.78, 5) is 22.9. The van der Waals surface area contributed by atoms with Gasteiger partial charge in [-0.25, -0.2) is 0 Å².